The van der Waals surface area contributed by atoms with Crippen LogP contribution in [-0.4, -0.2) is 13.1 Å². The van der Waals surface area contributed by atoms with Gasteiger partial charge in [-0.3, -0.25) is 0 Å². The van der Waals surface area contributed by atoms with Crippen molar-refractivity contribution in [1.82, 2.24) is 5.32 Å². The molecule has 66 valence electrons. The smallest absolute Gasteiger partial charge is 0.00206 e. The third-order valence-electron chi connectivity index (χ3n) is 2.33. The first kappa shape index (κ1) is 9.56. The van der Waals surface area contributed by atoms with E-state index < -0.39 is 0 Å². The molecule has 12 heavy (non-hydrogen) atoms. The van der Waals surface area contributed by atoms with Crippen LogP contribution in [0.25, 0.3) is 0 Å². The lowest BCUT2D eigenvalue weighted by Gasteiger charge is -2.06. The molecule has 1 aromatic carbocycles. The molecule has 0 aromatic heterocycles. The Balaban J connectivity index is 0.000000720. The monoisotopic (exact) mass is 183 g/mol. The summed E-state index contributed by atoms with van der Waals surface area (Å²) in [5.74, 6) is 0.760. The van der Waals surface area contributed by atoms with E-state index in [1.807, 2.05) is 0 Å². The molecule has 1 saturated heterocycles. The van der Waals surface area contributed by atoms with Gasteiger partial charge in [-0.2, -0.15) is 0 Å². The molecule has 0 saturated carbocycles. The van der Waals surface area contributed by atoms with E-state index in [-0.39, 0.29) is 12.4 Å². The van der Waals surface area contributed by atoms with Gasteiger partial charge in [-0.25, -0.2) is 0 Å². The van der Waals surface area contributed by atoms with Crippen molar-refractivity contribution in [3.63, 3.8) is 0 Å². The summed E-state index contributed by atoms with van der Waals surface area (Å²) in [7, 11) is 0. The Bertz CT molecular complexity index is 217. The van der Waals surface area contributed by atoms with Crippen LogP contribution in [0.4, 0.5) is 0 Å². The van der Waals surface area contributed by atoms with Crippen molar-refractivity contribution >= 4 is 12.4 Å². The number of halogens is 1. The molecular formula is C10H14ClN. The van der Waals surface area contributed by atoms with E-state index in [1.165, 1.54) is 18.5 Å². The highest BCUT2D eigenvalue weighted by Gasteiger charge is 2.15. The number of benzene rings is 1. The molecule has 1 heterocycles. The maximum atomic E-state index is 3.37. The zero-order valence-electron chi connectivity index (χ0n) is 6.99. The van der Waals surface area contributed by atoms with Crippen LogP contribution in [0.2, 0.25) is 0 Å². The van der Waals surface area contributed by atoms with Gasteiger partial charge < -0.3 is 5.32 Å². The number of hydrogen-bond donors (Lipinski definition) is 1. The minimum atomic E-state index is 0. The SMILES string of the molecule is Cl.c1ccc(C2CCNC2)cc1. The van der Waals surface area contributed by atoms with E-state index >= 15 is 0 Å². The van der Waals surface area contributed by atoms with Crippen LogP contribution in [-0.2, 0) is 0 Å². The van der Waals surface area contributed by atoms with Crippen molar-refractivity contribution in [3.8, 4) is 0 Å². The minimum absolute atomic E-state index is 0. The van der Waals surface area contributed by atoms with E-state index in [2.05, 4.69) is 35.6 Å². The molecule has 1 atom stereocenters. The van der Waals surface area contributed by atoms with Gasteiger partial charge in [0.25, 0.3) is 0 Å². The van der Waals surface area contributed by atoms with Crippen molar-refractivity contribution in [2.24, 2.45) is 0 Å². The normalized spacial score (nSPS) is 21.8. The Morgan fingerprint density at radius 3 is 2.50 bits per heavy atom. The molecule has 0 bridgehead atoms. The van der Waals surface area contributed by atoms with Crippen LogP contribution in [0.5, 0.6) is 0 Å². The third-order valence-corrected chi connectivity index (χ3v) is 2.33. The molecule has 0 amide bonds. The van der Waals surface area contributed by atoms with Crippen LogP contribution in [0.1, 0.15) is 17.9 Å². The first-order valence-electron chi connectivity index (χ1n) is 4.22. The summed E-state index contributed by atoms with van der Waals surface area (Å²) in [6, 6.07) is 10.8. The summed E-state index contributed by atoms with van der Waals surface area (Å²) in [5.41, 5.74) is 1.48. The highest BCUT2D eigenvalue weighted by atomic mass is 35.5. The number of nitrogens with one attached hydrogen (secondary N) is 1. The Hall–Kier alpha value is -0.530. The molecule has 1 unspecified atom stereocenters. The average molecular weight is 184 g/mol. The molecule has 1 N–H and O–H groups in total. The molecular weight excluding hydrogens is 170 g/mol. The van der Waals surface area contributed by atoms with Gasteiger partial charge in [0.05, 0.1) is 0 Å². The molecule has 0 aliphatic carbocycles. The maximum Gasteiger partial charge on any atom is 0.00206 e. The highest BCUT2D eigenvalue weighted by molar-refractivity contribution is 5.85. The summed E-state index contributed by atoms with van der Waals surface area (Å²) in [6.45, 7) is 2.34. The molecule has 1 aromatic rings. The van der Waals surface area contributed by atoms with Gasteiger partial charge in [0.15, 0.2) is 0 Å². The molecule has 0 radical (unpaired) electrons. The lowest BCUT2D eigenvalue weighted by atomic mass is 9.99. The standard InChI is InChI=1S/C10H13N.ClH/c1-2-4-9(5-3-1)10-6-7-11-8-10;/h1-5,10-11H,6-8H2;1H. The molecule has 1 aliphatic rings. The predicted octanol–water partition coefficient (Wildman–Crippen LogP) is 2.19. The lowest BCUT2D eigenvalue weighted by molar-refractivity contribution is 0.763. The molecule has 2 rings (SSSR count). The van der Waals surface area contributed by atoms with E-state index in [4.69, 9.17) is 0 Å². The molecule has 0 spiro atoms. The van der Waals surface area contributed by atoms with Crippen LogP contribution in [0.3, 0.4) is 0 Å². The van der Waals surface area contributed by atoms with Gasteiger partial charge in [-0.1, -0.05) is 30.3 Å². The van der Waals surface area contributed by atoms with E-state index in [1.54, 1.807) is 0 Å². The maximum absolute atomic E-state index is 3.37. The van der Waals surface area contributed by atoms with E-state index in [0.717, 1.165) is 12.5 Å². The Labute approximate surface area is 79.6 Å². The Morgan fingerprint density at radius 1 is 1.17 bits per heavy atom. The predicted molar refractivity (Wildman–Crippen MR) is 53.9 cm³/mol. The zero-order chi connectivity index (χ0) is 7.52. The molecule has 2 heteroatoms. The number of hydrogen-bond acceptors (Lipinski definition) is 1. The number of rotatable bonds is 1. The van der Waals surface area contributed by atoms with Crippen molar-refractivity contribution in [2.75, 3.05) is 13.1 Å². The van der Waals surface area contributed by atoms with Crippen LogP contribution in [0, 0.1) is 0 Å². The van der Waals surface area contributed by atoms with E-state index in [0.29, 0.717) is 0 Å². The fraction of sp³-hybridized carbons (Fsp3) is 0.400. The fourth-order valence-electron chi connectivity index (χ4n) is 1.66. The fourth-order valence-corrected chi connectivity index (χ4v) is 1.66. The van der Waals surface area contributed by atoms with Crippen molar-refractivity contribution in [1.29, 1.82) is 0 Å². The second-order valence-corrected chi connectivity index (χ2v) is 3.10. The topological polar surface area (TPSA) is 12.0 Å². The zero-order valence-corrected chi connectivity index (χ0v) is 7.81. The van der Waals surface area contributed by atoms with Crippen LogP contribution >= 0.6 is 12.4 Å². The Kier molecular flexibility index (Phi) is 3.57. The summed E-state index contributed by atoms with van der Waals surface area (Å²) >= 11 is 0. The quantitative estimate of drug-likeness (QED) is 0.704. The van der Waals surface area contributed by atoms with Crippen LogP contribution < -0.4 is 5.32 Å². The molecule has 1 aliphatic heterocycles. The van der Waals surface area contributed by atoms with Gasteiger partial charge in [-0.15, -0.1) is 12.4 Å². The summed E-state index contributed by atoms with van der Waals surface area (Å²) < 4.78 is 0. The van der Waals surface area contributed by atoms with Crippen molar-refractivity contribution in [2.45, 2.75) is 12.3 Å². The summed E-state index contributed by atoms with van der Waals surface area (Å²) in [5, 5.41) is 3.37. The molecule has 1 fully saturated rings. The third kappa shape index (κ3) is 1.99. The van der Waals surface area contributed by atoms with Gasteiger partial charge in [-0.05, 0) is 24.4 Å². The first-order chi connectivity index (χ1) is 5.47. The molecule has 1 nitrogen and oxygen atoms in total. The lowest BCUT2D eigenvalue weighted by Crippen LogP contribution is -2.07. The summed E-state index contributed by atoms with van der Waals surface area (Å²) in [6.07, 6.45) is 1.30. The van der Waals surface area contributed by atoms with Crippen molar-refractivity contribution < 1.29 is 0 Å². The van der Waals surface area contributed by atoms with E-state index in [9.17, 15) is 0 Å². The second-order valence-electron chi connectivity index (χ2n) is 3.10. The Morgan fingerprint density at radius 2 is 1.92 bits per heavy atom. The first-order valence-corrected chi connectivity index (χ1v) is 4.22. The second kappa shape index (κ2) is 4.48. The van der Waals surface area contributed by atoms with Gasteiger partial charge in [0.1, 0.15) is 0 Å². The highest BCUT2D eigenvalue weighted by Crippen LogP contribution is 2.21. The average Bonchev–Trinajstić information content (AvgIpc) is 2.58. The van der Waals surface area contributed by atoms with Gasteiger partial charge in [0, 0.05) is 6.54 Å². The summed E-state index contributed by atoms with van der Waals surface area (Å²) in [4.78, 5) is 0. The van der Waals surface area contributed by atoms with Gasteiger partial charge >= 0.3 is 0 Å². The largest absolute Gasteiger partial charge is 0.316 e. The minimum Gasteiger partial charge on any atom is -0.316 e. The van der Waals surface area contributed by atoms with Crippen molar-refractivity contribution in [3.05, 3.63) is 35.9 Å². The van der Waals surface area contributed by atoms with Crippen LogP contribution in [0.15, 0.2) is 30.3 Å². The van der Waals surface area contributed by atoms with Gasteiger partial charge in [0.2, 0.25) is 0 Å².